The minimum absolute atomic E-state index is 0.0245. The number of aromatic hydroxyl groups is 1. The second-order valence-corrected chi connectivity index (χ2v) is 4.42. The highest BCUT2D eigenvalue weighted by Gasteiger charge is 2.27. The standard InChI is InChI=1S/C11H11ClFNO2/c12-7-3-4-14(6-7)11(16)9-2-1-8(15)5-10(9)13/h1-2,5,7,15H,3-4,6H2. The molecular formula is C11H11ClFNO2. The minimum Gasteiger partial charge on any atom is -0.508 e. The topological polar surface area (TPSA) is 40.5 Å². The lowest BCUT2D eigenvalue weighted by Gasteiger charge is -2.15. The zero-order chi connectivity index (χ0) is 11.7. The van der Waals surface area contributed by atoms with Gasteiger partial charge in [-0.15, -0.1) is 11.6 Å². The fourth-order valence-electron chi connectivity index (χ4n) is 1.75. The molecule has 0 bridgehead atoms. The third-order valence-electron chi connectivity index (χ3n) is 2.60. The predicted molar refractivity (Wildman–Crippen MR) is 58.2 cm³/mol. The van der Waals surface area contributed by atoms with E-state index < -0.39 is 5.82 Å². The number of carbonyl (C=O) groups is 1. The van der Waals surface area contributed by atoms with Crippen molar-refractivity contribution >= 4 is 17.5 Å². The first-order valence-corrected chi connectivity index (χ1v) is 5.43. The second kappa shape index (κ2) is 4.29. The molecule has 2 rings (SSSR count). The predicted octanol–water partition coefficient (Wildman–Crippen LogP) is 1.98. The first-order chi connectivity index (χ1) is 7.58. The van der Waals surface area contributed by atoms with E-state index in [0.717, 1.165) is 12.5 Å². The van der Waals surface area contributed by atoms with Crippen LogP contribution in [0.4, 0.5) is 4.39 Å². The van der Waals surface area contributed by atoms with Crippen LogP contribution in [0.1, 0.15) is 16.8 Å². The Labute approximate surface area is 97.4 Å². The van der Waals surface area contributed by atoms with Gasteiger partial charge in [0, 0.05) is 19.2 Å². The summed E-state index contributed by atoms with van der Waals surface area (Å²) in [5.41, 5.74) is -0.0245. The SMILES string of the molecule is O=C(c1ccc(O)cc1F)N1CCC(Cl)C1. The van der Waals surface area contributed by atoms with Crippen molar-refractivity contribution in [3.63, 3.8) is 0 Å². The van der Waals surface area contributed by atoms with Crippen molar-refractivity contribution in [2.75, 3.05) is 13.1 Å². The third kappa shape index (κ3) is 2.11. The smallest absolute Gasteiger partial charge is 0.256 e. The molecule has 1 amide bonds. The Balaban J connectivity index is 2.21. The number of phenolic OH excluding ortho intramolecular Hbond substituents is 1. The first-order valence-electron chi connectivity index (χ1n) is 5.00. The van der Waals surface area contributed by atoms with Crippen LogP contribution in [0.15, 0.2) is 18.2 Å². The number of nitrogens with zero attached hydrogens (tertiary/aromatic N) is 1. The molecule has 0 saturated carbocycles. The molecule has 1 atom stereocenters. The van der Waals surface area contributed by atoms with E-state index in [9.17, 15) is 9.18 Å². The number of benzene rings is 1. The summed E-state index contributed by atoms with van der Waals surface area (Å²) in [6, 6.07) is 3.51. The summed E-state index contributed by atoms with van der Waals surface area (Å²) < 4.78 is 13.4. The van der Waals surface area contributed by atoms with Gasteiger partial charge in [0.1, 0.15) is 11.6 Å². The van der Waals surface area contributed by atoms with Crippen LogP contribution >= 0.6 is 11.6 Å². The summed E-state index contributed by atoms with van der Waals surface area (Å²) >= 11 is 5.88. The zero-order valence-corrected chi connectivity index (χ0v) is 9.25. The van der Waals surface area contributed by atoms with Gasteiger partial charge in [-0.1, -0.05) is 0 Å². The Kier molecular flexibility index (Phi) is 3.01. The Hall–Kier alpha value is -1.29. The number of carbonyl (C=O) groups excluding carboxylic acids is 1. The average Bonchev–Trinajstić information content (AvgIpc) is 2.64. The molecule has 1 unspecified atom stereocenters. The first kappa shape index (κ1) is 11.2. The van der Waals surface area contributed by atoms with E-state index in [4.69, 9.17) is 16.7 Å². The summed E-state index contributed by atoms with van der Waals surface area (Å²) in [5, 5.41) is 8.99. The van der Waals surface area contributed by atoms with Gasteiger partial charge in [-0.25, -0.2) is 4.39 Å². The van der Waals surface area contributed by atoms with Crippen LogP contribution in [0.3, 0.4) is 0 Å². The fourth-order valence-corrected chi connectivity index (χ4v) is 2.01. The Morgan fingerprint density at radius 1 is 1.56 bits per heavy atom. The molecule has 0 aliphatic carbocycles. The monoisotopic (exact) mass is 243 g/mol. The maximum absolute atomic E-state index is 13.4. The van der Waals surface area contributed by atoms with E-state index in [2.05, 4.69) is 0 Å². The van der Waals surface area contributed by atoms with Crippen molar-refractivity contribution in [1.82, 2.24) is 4.90 Å². The molecule has 1 heterocycles. The Bertz CT molecular complexity index is 424. The zero-order valence-electron chi connectivity index (χ0n) is 8.49. The lowest BCUT2D eigenvalue weighted by Crippen LogP contribution is -2.29. The molecular weight excluding hydrogens is 233 g/mol. The summed E-state index contributed by atoms with van der Waals surface area (Å²) in [4.78, 5) is 13.4. The van der Waals surface area contributed by atoms with Crippen LogP contribution < -0.4 is 0 Å². The van der Waals surface area contributed by atoms with E-state index in [1.54, 1.807) is 0 Å². The summed E-state index contributed by atoms with van der Waals surface area (Å²) in [6.07, 6.45) is 0.729. The van der Waals surface area contributed by atoms with Crippen LogP contribution in [-0.4, -0.2) is 34.4 Å². The summed E-state index contributed by atoms with van der Waals surface area (Å²) in [7, 11) is 0. The molecule has 1 saturated heterocycles. The number of alkyl halides is 1. The lowest BCUT2D eigenvalue weighted by atomic mass is 10.2. The molecule has 1 aliphatic rings. The van der Waals surface area contributed by atoms with Crippen LogP contribution in [0, 0.1) is 5.82 Å². The molecule has 86 valence electrons. The number of halogens is 2. The van der Waals surface area contributed by atoms with Crippen molar-refractivity contribution < 1.29 is 14.3 Å². The number of likely N-dealkylation sites (tertiary alicyclic amines) is 1. The highest BCUT2D eigenvalue weighted by atomic mass is 35.5. The van der Waals surface area contributed by atoms with Gasteiger partial charge in [-0.05, 0) is 18.6 Å². The molecule has 0 radical (unpaired) electrons. The van der Waals surface area contributed by atoms with Gasteiger partial charge >= 0.3 is 0 Å². The van der Waals surface area contributed by atoms with Crippen LogP contribution in [0.5, 0.6) is 5.75 Å². The molecule has 1 aromatic carbocycles. The molecule has 0 spiro atoms. The maximum Gasteiger partial charge on any atom is 0.256 e. The summed E-state index contributed by atoms with van der Waals surface area (Å²) in [5.74, 6) is -1.27. The lowest BCUT2D eigenvalue weighted by molar-refractivity contribution is 0.0788. The molecule has 1 fully saturated rings. The Morgan fingerprint density at radius 3 is 2.88 bits per heavy atom. The molecule has 16 heavy (non-hydrogen) atoms. The van der Waals surface area contributed by atoms with Crippen molar-refractivity contribution in [1.29, 1.82) is 0 Å². The molecule has 1 N–H and O–H groups in total. The normalized spacial score (nSPS) is 20.1. The largest absolute Gasteiger partial charge is 0.508 e. The number of rotatable bonds is 1. The van der Waals surface area contributed by atoms with Crippen molar-refractivity contribution in [3.8, 4) is 5.75 Å². The number of hydrogen-bond acceptors (Lipinski definition) is 2. The molecule has 1 aromatic rings. The van der Waals surface area contributed by atoms with E-state index in [0.29, 0.717) is 13.1 Å². The van der Waals surface area contributed by atoms with Crippen LogP contribution in [-0.2, 0) is 0 Å². The third-order valence-corrected chi connectivity index (χ3v) is 2.96. The van der Waals surface area contributed by atoms with Gasteiger partial charge in [0.15, 0.2) is 0 Å². The van der Waals surface area contributed by atoms with Gasteiger partial charge in [0.05, 0.1) is 10.9 Å². The van der Waals surface area contributed by atoms with Gasteiger partial charge in [-0.2, -0.15) is 0 Å². The highest BCUT2D eigenvalue weighted by Crippen LogP contribution is 2.21. The maximum atomic E-state index is 13.4. The number of phenols is 1. The highest BCUT2D eigenvalue weighted by molar-refractivity contribution is 6.21. The molecule has 5 heteroatoms. The van der Waals surface area contributed by atoms with Crippen molar-refractivity contribution in [2.24, 2.45) is 0 Å². The molecule has 3 nitrogen and oxygen atoms in total. The Morgan fingerprint density at radius 2 is 2.31 bits per heavy atom. The molecule has 0 aromatic heterocycles. The summed E-state index contributed by atoms with van der Waals surface area (Å²) in [6.45, 7) is 0.994. The van der Waals surface area contributed by atoms with E-state index in [-0.39, 0.29) is 22.6 Å². The van der Waals surface area contributed by atoms with E-state index in [1.165, 1.54) is 17.0 Å². The van der Waals surface area contributed by atoms with Crippen molar-refractivity contribution in [3.05, 3.63) is 29.6 Å². The second-order valence-electron chi connectivity index (χ2n) is 3.80. The van der Waals surface area contributed by atoms with Crippen molar-refractivity contribution in [2.45, 2.75) is 11.8 Å². The quantitative estimate of drug-likeness (QED) is 0.767. The van der Waals surface area contributed by atoms with Gasteiger partial charge in [0.25, 0.3) is 5.91 Å². The number of hydrogen-bond donors (Lipinski definition) is 1. The minimum atomic E-state index is -0.706. The van der Waals surface area contributed by atoms with Gasteiger partial charge in [-0.3, -0.25) is 4.79 Å². The number of amides is 1. The van der Waals surface area contributed by atoms with Gasteiger partial charge in [0.2, 0.25) is 0 Å². The van der Waals surface area contributed by atoms with Crippen LogP contribution in [0.2, 0.25) is 0 Å². The average molecular weight is 244 g/mol. The van der Waals surface area contributed by atoms with Crippen LogP contribution in [0.25, 0.3) is 0 Å². The fraction of sp³-hybridized carbons (Fsp3) is 0.364. The van der Waals surface area contributed by atoms with E-state index in [1.807, 2.05) is 0 Å². The molecule has 1 aliphatic heterocycles. The van der Waals surface area contributed by atoms with E-state index >= 15 is 0 Å². The van der Waals surface area contributed by atoms with Gasteiger partial charge < -0.3 is 10.0 Å².